The number of ketones is 1. The first-order valence-corrected chi connectivity index (χ1v) is 6.12. The van der Waals surface area contributed by atoms with Gasteiger partial charge in [-0.1, -0.05) is 36.4 Å². The van der Waals surface area contributed by atoms with Crippen LogP contribution in [-0.4, -0.2) is 12.1 Å². The van der Waals surface area contributed by atoms with E-state index in [0.29, 0.717) is 11.8 Å². The molecule has 4 heteroatoms. The van der Waals surface area contributed by atoms with Crippen molar-refractivity contribution in [2.45, 2.75) is 12.3 Å². The lowest BCUT2D eigenvalue weighted by Gasteiger charge is -2.15. The molecule has 0 unspecified atom stereocenters. The average Bonchev–Trinajstić information content (AvgIpc) is 2.46. The number of carbonyl (C=O) groups excluding carboxylic acids is 2. The topological polar surface area (TPSA) is 34.1 Å². The molecule has 0 aromatic heterocycles. The lowest BCUT2D eigenvalue weighted by atomic mass is 9.88. The Bertz CT molecular complexity index is 603. The third-order valence-electron chi connectivity index (χ3n) is 3.05. The van der Waals surface area contributed by atoms with E-state index >= 15 is 0 Å². The molecule has 2 rings (SSSR count). The summed E-state index contributed by atoms with van der Waals surface area (Å²) in [7, 11) is 0. The summed E-state index contributed by atoms with van der Waals surface area (Å²) in [6.07, 6.45) is 0.239. The van der Waals surface area contributed by atoms with Crippen LogP contribution in [0.3, 0.4) is 0 Å². The van der Waals surface area contributed by atoms with Gasteiger partial charge in [0, 0.05) is 17.5 Å². The van der Waals surface area contributed by atoms with Crippen LogP contribution < -0.4 is 0 Å². The van der Waals surface area contributed by atoms with Crippen LogP contribution in [0.15, 0.2) is 48.5 Å². The lowest BCUT2D eigenvalue weighted by Crippen LogP contribution is -2.16. The Hall–Kier alpha value is -2.36. The van der Waals surface area contributed by atoms with Crippen LogP contribution in [0.1, 0.15) is 28.3 Å². The number of carbonyl (C=O) groups is 2. The van der Waals surface area contributed by atoms with Crippen LogP contribution in [0, 0.1) is 11.6 Å². The molecule has 0 spiro atoms. The molecule has 0 amide bonds. The summed E-state index contributed by atoms with van der Waals surface area (Å²) < 4.78 is 27.6. The second-order valence-corrected chi connectivity index (χ2v) is 4.32. The van der Waals surface area contributed by atoms with E-state index in [4.69, 9.17) is 0 Å². The van der Waals surface area contributed by atoms with Crippen LogP contribution in [0.25, 0.3) is 0 Å². The van der Waals surface area contributed by atoms with Crippen LogP contribution in [0.4, 0.5) is 8.78 Å². The van der Waals surface area contributed by atoms with Crippen LogP contribution in [-0.2, 0) is 4.79 Å². The summed E-state index contributed by atoms with van der Waals surface area (Å²) in [4.78, 5) is 23.1. The van der Waals surface area contributed by atoms with Gasteiger partial charge in [0.1, 0.15) is 17.9 Å². The average molecular weight is 274 g/mol. The van der Waals surface area contributed by atoms with E-state index in [1.807, 2.05) is 0 Å². The van der Waals surface area contributed by atoms with Gasteiger partial charge in [-0.3, -0.25) is 4.79 Å². The highest BCUT2D eigenvalue weighted by atomic mass is 19.1. The molecule has 0 aliphatic rings. The zero-order valence-corrected chi connectivity index (χ0v) is 10.6. The molecule has 20 heavy (non-hydrogen) atoms. The highest BCUT2D eigenvalue weighted by molar-refractivity contribution is 6.02. The fourth-order valence-electron chi connectivity index (χ4n) is 2.10. The van der Waals surface area contributed by atoms with Gasteiger partial charge >= 0.3 is 0 Å². The standard InChI is InChI=1S/C16H12F2O2/c17-13-7-4-8-14(18)15(13)12(9-10-19)16(20)11-5-2-1-3-6-11/h1-8,10,12H,9H2/t12-/m0/s1. The molecule has 2 aromatic carbocycles. The van der Waals surface area contributed by atoms with Crippen molar-refractivity contribution in [3.05, 3.63) is 71.3 Å². The molecule has 0 aliphatic carbocycles. The number of hydrogen-bond donors (Lipinski definition) is 0. The number of benzene rings is 2. The molecular weight excluding hydrogens is 262 g/mol. The van der Waals surface area contributed by atoms with Crippen LogP contribution >= 0.6 is 0 Å². The number of hydrogen-bond acceptors (Lipinski definition) is 2. The third kappa shape index (κ3) is 2.79. The Morgan fingerprint density at radius 2 is 1.60 bits per heavy atom. The Balaban J connectivity index is 2.47. The maximum Gasteiger partial charge on any atom is 0.170 e. The minimum Gasteiger partial charge on any atom is -0.303 e. The fraction of sp³-hybridized carbons (Fsp3) is 0.125. The maximum absolute atomic E-state index is 13.8. The second kappa shape index (κ2) is 6.19. The Morgan fingerprint density at radius 1 is 1.00 bits per heavy atom. The fourth-order valence-corrected chi connectivity index (χ4v) is 2.10. The molecule has 0 bridgehead atoms. The van der Waals surface area contributed by atoms with Crippen molar-refractivity contribution >= 4 is 12.1 Å². The molecule has 0 fully saturated rings. The number of rotatable bonds is 5. The van der Waals surface area contributed by atoms with Gasteiger partial charge in [-0.05, 0) is 12.1 Å². The van der Waals surface area contributed by atoms with Gasteiger partial charge in [-0.2, -0.15) is 0 Å². The zero-order chi connectivity index (χ0) is 14.5. The molecule has 0 saturated heterocycles. The minimum atomic E-state index is -1.14. The second-order valence-electron chi connectivity index (χ2n) is 4.32. The molecule has 1 atom stereocenters. The maximum atomic E-state index is 13.8. The SMILES string of the molecule is O=CC[C@H](C(=O)c1ccccc1)c1c(F)cccc1F. The van der Waals surface area contributed by atoms with E-state index in [1.165, 1.54) is 6.07 Å². The number of aldehydes is 1. The van der Waals surface area contributed by atoms with E-state index in [1.54, 1.807) is 30.3 Å². The van der Waals surface area contributed by atoms with Crippen molar-refractivity contribution in [3.63, 3.8) is 0 Å². The normalized spacial score (nSPS) is 11.9. The van der Waals surface area contributed by atoms with E-state index < -0.39 is 23.3 Å². The monoisotopic (exact) mass is 274 g/mol. The van der Waals surface area contributed by atoms with E-state index in [2.05, 4.69) is 0 Å². The molecule has 0 radical (unpaired) electrons. The van der Waals surface area contributed by atoms with Crippen molar-refractivity contribution in [2.75, 3.05) is 0 Å². The molecule has 0 N–H and O–H groups in total. The first-order chi connectivity index (χ1) is 9.65. The summed E-state index contributed by atoms with van der Waals surface area (Å²) in [5.74, 6) is -3.25. The summed E-state index contributed by atoms with van der Waals surface area (Å²) >= 11 is 0. The van der Waals surface area contributed by atoms with Gasteiger partial charge in [0.2, 0.25) is 0 Å². The van der Waals surface area contributed by atoms with Crippen molar-refractivity contribution in [1.82, 2.24) is 0 Å². The predicted octanol–water partition coefficient (Wildman–Crippen LogP) is 3.52. The van der Waals surface area contributed by atoms with E-state index in [0.717, 1.165) is 12.1 Å². The summed E-state index contributed by atoms with van der Waals surface area (Å²) in [6, 6.07) is 11.5. The van der Waals surface area contributed by atoms with Crippen molar-refractivity contribution in [3.8, 4) is 0 Å². The van der Waals surface area contributed by atoms with Gasteiger partial charge in [0.15, 0.2) is 5.78 Å². The molecule has 2 aromatic rings. The molecule has 0 saturated carbocycles. The smallest absolute Gasteiger partial charge is 0.170 e. The summed E-state index contributed by atoms with van der Waals surface area (Å²) in [5, 5.41) is 0. The molecule has 0 heterocycles. The minimum absolute atomic E-state index is 0.258. The molecule has 0 aliphatic heterocycles. The molecule has 102 valence electrons. The van der Waals surface area contributed by atoms with Gasteiger partial charge in [0.25, 0.3) is 0 Å². The summed E-state index contributed by atoms with van der Waals surface area (Å²) in [6.45, 7) is 0. The van der Waals surface area contributed by atoms with Gasteiger partial charge in [-0.25, -0.2) is 8.78 Å². The Kier molecular flexibility index (Phi) is 4.35. The van der Waals surface area contributed by atoms with Gasteiger partial charge < -0.3 is 4.79 Å². The Morgan fingerprint density at radius 3 is 2.15 bits per heavy atom. The number of Topliss-reactive ketones (excluding diaryl/α,β-unsaturated/α-hetero) is 1. The van der Waals surface area contributed by atoms with Gasteiger partial charge in [0.05, 0.1) is 5.92 Å². The van der Waals surface area contributed by atoms with Crippen molar-refractivity contribution < 1.29 is 18.4 Å². The van der Waals surface area contributed by atoms with Gasteiger partial charge in [-0.15, -0.1) is 0 Å². The van der Waals surface area contributed by atoms with Crippen LogP contribution in [0.2, 0.25) is 0 Å². The third-order valence-corrected chi connectivity index (χ3v) is 3.05. The summed E-state index contributed by atoms with van der Waals surface area (Å²) in [5.41, 5.74) is -0.0320. The molecule has 2 nitrogen and oxygen atoms in total. The first-order valence-electron chi connectivity index (χ1n) is 6.12. The van der Waals surface area contributed by atoms with E-state index in [9.17, 15) is 18.4 Å². The highest BCUT2D eigenvalue weighted by Crippen LogP contribution is 2.28. The number of halogens is 2. The van der Waals surface area contributed by atoms with E-state index in [-0.39, 0.29) is 12.0 Å². The Labute approximate surface area is 115 Å². The highest BCUT2D eigenvalue weighted by Gasteiger charge is 2.27. The first kappa shape index (κ1) is 14.1. The molecular formula is C16H12F2O2. The lowest BCUT2D eigenvalue weighted by molar-refractivity contribution is -0.108. The van der Waals surface area contributed by atoms with Crippen LogP contribution in [0.5, 0.6) is 0 Å². The zero-order valence-electron chi connectivity index (χ0n) is 10.6. The largest absolute Gasteiger partial charge is 0.303 e. The van der Waals surface area contributed by atoms with Crippen molar-refractivity contribution in [1.29, 1.82) is 0 Å². The van der Waals surface area contributed by atoms with Crippen molar-refractivity contribution in [2.24, 2.45) is 0 Å². The quantitative estimate of drug-likeness (QED) is 0.617. The predicted molar refractivity (Wildman–Crippen MR) is 70.6 cm³/mol.